The van der Waals surface area contributed by atoms with Crippen LogP contribution >= 0.6 is 20.8 Å². The molecule has 0 bridgehead atoms. The van der Waals surface area contributed by atoms with Gasteiger partial charge in [0, 0.05) is 0 Å². The molecule has 3 heteroatoms. The zero-order valence-electron chi connectivity index (χ0n) is 21.7. The van der Waals surface area contributed by atoms with Gasteiger partial charge in [0.2, 0.25) is 0 Å². The van der Waals surface area contributed by atoms with Crippen LogP contribution in [0.4, 0.5) is 0 Å². The van der Waals surface area contributed by atoms with Crippen LogP contribution in [0.1, 0.15) is 11.1 Å². The van der Waals surface area contributed by atoms with E-state index in [1.165, 1.54) is 37.8 Å². The van der Waals surface area contributed by atoms with Crippen LogP contribution < -0.4 is 20.7 Å². The number of hydrogen-bond donors (Lipinski definition) is 0. The summed E-state index contributed by atoms with van der Waals surface area (Å²) in [6, 6.07) is 56.4. The fraction of sp³-hybridized carbons (Fsp3) is 0.0556. The van der Waals surface area contributed by atoms with Crippen LogP contribution in [-0.4, -0.2) is 0 Å². The third-order valence-corrected chi connectivity index (χ3v) is 17.0. The molecule has 6 aromatic carbocycles. The van der Waals surface area contributed by atoms with Gasteiger partial charge in [0.1, 0.15) is 0 Å². The van der Waals surface area contributed by atoms with Crippen molar-refractivity contribution in [3.05, 3.63) is 169 Å². The van der Waals surface area contributed by atoms with Crippen molar-refractivity contribution in [3.8, 4) is 5.75 Å². The van der Waals surface area contributed by atoms with E-state index >= 15 is 0 Å². The van der Waals surface area contributed by atoms with Crippen LogP contribution in [0.25, 0.3) is 10.8 Å². The molecule has 0 aromatic heterocycles. The van der Waals surface area contributed by atoms with Gasteiger partial charge in [-0.2, -0.15) is 0 Å². The van der Waals surface area contributed by atoms with Crippen LogP contribution in [0.2, 0.25) is 0 Å². The summed E-state index contributed by atoms with van der Waals surface area (Å²) < 4.78 is 6.10. The van der Waals surface area contributed by atoms with E-state index < -0.39 is 5.31 Å². The summed E-state index contributed by atoms with van der Waals surface area (Å²) in [5.74, 6) is 0.886. The van der Waals surface area contributed by atoms with E-state index in [-0.39, 0.29) is 0 Å². The molecule has 0 N–H and O–H groups in total. The zero-order chi connectivity index (χ0) is 26.6. The Morgan fingerprint density at radius 2 is 0.923 bits per heavy atom. The van der Waals surface area contributed by atoms with E-state index in [1.807, 2.05) is 18.2 Å². The first-order chi connectivity index (χ1) is 19.1. The van der Waals surface area contributed by atoms with Crippen molar-refractivity contribution in [1.29, 1.82) is 0 Å². The van der Waals surface area contributed by atoms with E-state index in [2.05, 4.69) is 155 Å². The molecule has 0 saturated heterocycles. The van der Waals surface area contributed by atoms with Crippen molar-refractivity contribution in [2.45, 2.75) is 12.8 Å². The second kappa shape index (κ2) is 10.8. The number of benzene rings is 6. The Balaban J connectivity index is 1.43. The van der Waals surface area contributed by atoms with E-state index in [0.29, 0.717) is 6.61 Å². The van der Waals surface area contributed by atoms with E-state index in [4.69, 9.17) is 4.74 Å². The Labute approximate surface area is 238 Å². The summed E-state index contributed by atoms with van der Waals surface area (Å²) in [5, 5.41) is 3.32. The summed E-state index contributed by atoms with van der Waals surface area (Å²) in [4.78, 5) is 0. The van der Waals surface area contributed by atoms with Gasteiger partial charge in [-0.05, 0) is 0 Å². The standard InChI is InChI=1S/C36H30BrOP/c37-39(34-15-7-2-8-16-34,35-17-9-3-10-18-35,36-19-11-4-12-20-36)28-30-21-22-32-26-33(24-23-31(32)25-30)38-27-29-13-5-1-6-14-29/h1-26H,27-28H2. The first-order valence-electron chi connectivity index (χ1n) is 13.2. The van der Waals surface area contributed by atoms with Crippen LogP contribution in [0.3, 0.4) is 0 Å². The van der Waals surface area contributed by atoms with Gasteiger partial charge in [-0.3, -0.25) is 0 Å². The Kier molecular flexibility index (Phi) is 7.09. The first kappa shape index (κ1) is 25.6. The van der Waals surface area contributed by atoms with E-state index in [1.54, 1.807) is 0 Å². The fourth-order valence-electron chi connectivity index (χ4n) is 5.48. The SMILES string of the molecule is BrP(Cc1ccc2cc(OCc3ccccc3)ccc2c1)(c1ccccc1)(c1ccccc1)c1ccccc1. The molecule has 0 radical (unpaired) electrons. The predicted octanol–water partition coefficient (Wildman–Crippen LogP) is 8.76. The fourth-order valence-corrected chi connectivity index (χ4v) is 13.2. The van der Waals surface area contributed by atoms with Crippen LogP contribution in [-0.2, 0) is 12.8 Å². The van der Waals surface area contributed by atoms with E-state index in [0.717, 1.165) is 11.9 Å². The molecule has 1 nitrogen and oxygen atoms in total. The monoisotopic (exact) mass is 588 g/mol. The van der Waals surface area contributed by atoms with Gasteiger partial charge < -0.3 is 0 Å². The van der Waals surface area contributed by atoms with E-state index in [9.17, 15) is 0 Å². The van der Waals surface area contributed by atoms with Crippen molar-refractivity contribution in [2.24, 2.45) is 0 Å². The second-order valence-electron chi connectivity index (χ2n) is 9.97. The Bertz CT molecular complexity index is 1590. The molecule has 0 amide bonds. The molecule has 0 aliphatic carbocycles. The van der Waals surface area contributed by atoms with Crippen molar-refractivity contribution in [1.82, 2.24) is 0 Å². The van der Waals surface area contributed by atoms with Crippen LogP contribution in [0.5, 0.6) is 5.75 Å². The molecule has 0 aliphatic rings. The number of rotatable bonds is 8. The van der Waals surface area contributed by atoms with Crippen molar-refractivity contribution >= 4 is 47.5 Å². The Hall–Kier alpha value is -3.71. The minimum atomic E-state index is -3.05. The molecule has 6 rings (SSSR count). The zero-order valence-corrected chi connectivity index (χ0v) is 24.1. The third-order valence-electron chi connectivity index (χ3n) is 7.49. The summed E-state index contributed by atoms with van der Waals surface area (Å²) in [6.45, 7) is 0.563. The molecule has 39 heavy (non-hydrogen) atoms. The molecular weight excluding hydrogens is 559 g/mol. The molecular formula is C36H30BrOP. The van der Waals surface area contributed by atoms with Crippen LogP contribution in [0.15, 0.2) is 158 Å². The number of halogens is 1. The van der Waals surface area contributed by atoms with Gasteiger partial charge in [-0.1, -0.05) is 6.07 Å². The molecule has 0 spiro atoms. The maximum absolute atomic E-state index is 6.10. The normalized spacial score (nSPS) is 12.5. The third kappa shape index (κ3) is 4.91. The summed E-state index contributed by atoms with van der Waals surface area (Å²) in [6.07, 6.45) is 0.867. The summed E-state index contributed by atoms with van der Waals surface area (Å²) in [7, 11) is 0. The number of hydrogen-bond acceptors (Lipinski definition) is 1. The topological polar surface area (TPSA) is 9.23 Å². The Morgan fingerprint density at radius 1 is 0.462 bits per heavy atom. The number of ether oxygens (including phenoxy) is 1. The minimum absolute atomic E-state index is 0.563. The summed E-state index contributed by atoms with van der Waals surface area (Å²) in [5.41, 5.74) is 2.46. The van der Waals surface area contributed by atoms with Gasteiger partial charge >= 0.3 is 234 Å². The average Bonchev–Trinajstić information content (AvgIpc) is 3.02. The van der Waals surface area contributed by atoms with Gasteiger partial charge in [0.15, 0.2) is 0 Å². The molecule has 6 aromatic rings. The predicted molar refractivity (Wildman–Crippen MR) is 173 cm³/mol. The van der Waals surface area contributed by atoms with Gasteiger partial charge in [0.05, 0.1) is 0 Å². The van der Waals surface area contributed by atoms with Crippen molar-refractivity contribution < 1.29 is 4.74 Å². The van der Waals surface area contributed by atoms with Gasteiger partial charge in [0.25, 0.3) is 0 Å². The maximum atomic E-state index is 6.10. The molecule has 192 valence electrons. The van der Waals surface area contributed by atoms with Crippen LogP contribution in [0, 0.1) is 0 Å². The Morgan fingerprint density at radius 3 is 1.46 bits per heavy atom. The second-order valence-corrected chi connectivity index (χ2v) is 18.9. The molecule has 0 atom stereocenters. The van der Waals surface area contributed by atoms with Crippen molar-refractivity contribution in [3.63, 3.8) is 0 Å². The van der Waals surface area contributed by atoms with Gasteiger partial charge in [-0.15, -0.1) is 0 Å². The molecule has 0 unspecified atom stereocenters. The molecule has 0 saturated carbocycles. The first-order valence-corrected chi connectivity index (χ1v) is 17.7. The molecule has 0 heterocycles. The molecule has 0 fully saturated rings. The quantitative estimate of drug-likeness (QED) is 0.161. The van der Waals surface area contributed by atoms with Gasteiger partial charge in [-0.25, -0.2) is 0 Å². The number of fused-ring (bicyclic) bond motifs is 1. The average molecular weight is 590 g/mol. The molecule has 0 aliphatic heterocycles. The summed E-state index contributed by atoms with van der Waals surface area (Å²) >= 11 is 4.58. The van der Waals surface area contributed by atoms with Crippen molar-refractivity contribution in [2.75, 3.05) is 0 Å².